The number of hydrogen-bond donors (Lipinski definition) is 3. The summed E-state index contributed by atoms with van der Waals surface area (Å²) in [5, 5.41) is 4.42. The summed E-state index contributed by atoms with van der Waals surface area (Å²) in [5.41, 5.74) is -0.0328. The first-order valence-corrected chi connectivity index (χ1v) is 8.57. The lowest BCUT2D eigenvalue weighted by molar-refractivity contribution is -0.123. The fraction of sp³-hybridized carbons (Fsp3) is 0.357. The fourth-order valence-electron chi connectivity index (χ4n) is 1.57. The van der Waals surface area contributed by atoms with E-state index in [0.717, 1.165) is 6.07 Å². The molecule has 132 valence electrons. The molecule has 0 radical (unpaired) electrons. The van der Waals surface area contributed by atoms with Crippen LogP contribution in [0, 0.1) is 0 Å². The van der Waals surface area contributed by atoms with Crippen molar-refractivity contribution < 1.29 is 27.5 Å². The van der Waals surface area contributed by atoms with Crippen LogP contribution in [-0.4, -0.2) is 46.5 Å². The van der Waals surface area contributed by atoms with Gasteiger partial charge in [-0.15, -0.1) is 0 Å². The second kappa shape index (κ2) is 8.99. The number of hydrogen-bond acceptors (Lipinski definition) is 6. The van der Waals surface area contributed by atoms with Crippen molar-refractivity contribution in [2.75, 3.05) is 20.2 Å². The van der Waals surface area contributed by atoms with Gasteiger partial charge in [0.15, 0.2) is 6.61 Å². The molecule has 9 nitrogen and oxygen atoms in total. The number of rotatable bonds is 7. The van der Waals surface area contributed by atoms with Gasteiger partial charge in [0.25, 0.3) is 5.91 Å². The van der Waals surface area contributed by atoms with Crippen LogP contribution in [-0.2, 0) is 19.6 Å². The Balaban J connectivity index is 2.61. The zero-order valence-corrected chi connectivity index (χ0v) is 14.1. The van der Waals surface area contributed by atoms with Gasteiger partial charge in [-0.2, -0.15) is 0 Å². The molecule has 0 bridgehead atoms. The van der Waals surface area contributed by atoms with Gasteiger partial charge in [-0.3, -0.25) is 10.1 Å². The molecular weight excluding hydrogens is 338 g/mol. The van der Waals surface area contributed by atoms with Gasteiger partial charge in [0.05, 0.1) is 10.5 Å². The lowest BCUT2D eigenvalue weighted by Crippen LogP contribution is -2.41. The summed E-state index contributed by atoms with van der Waals surface area (Å²) in [6.07, 6.45) is 0.711. The Morgan fingerprint density at radius 3 is 2.54 bits per heavy atom. The maximum absolute atomic E-state index is 11.9. The van der Waals surface area contributed by atoms with Crippen LogP contribution in [0.25, 0.3) is 0 Å². The predicted molar refractivity (Wildman–Crippen MR) is 84.8 cm³/mol. The summed E-state index contributed by atoms with van der Waals surface area (Å²) in [7, 11) is -2.46. The van der Waals surface area contributed by atoms with E-state index in [1.807, 2.05) is 12.2 Å². The van der Waals surface area contributed by atoms with Crippen LogP contribution >= 0.6 is 0 Å². The summed E-state index contributed by atoms with van der Waals surface area (Å²) in [6, 6.07) is 4.48. The van der Waals surface area contributed by atoms with Crippen LogP contribution in [0.2, 0.25) is 0 Å². The Morgan fingerprint density at radius 1 is 1.21 bits per heavy atom. The number of carbonyl (C=O) groups is 3. The van der Waals surface area contributed by atoms with Crippen molar-refractivity contribution in [1.29, 1.82) is 0 Å². The van der Waals surface area contributed by atoms with E-state index in [4.69, 9.17) is 4.74 Å². The normalized spacial score (nSPS) is 10.8. The molecule has 0 unspecified atom stereocenters. The Labute approximate surface area is 139 Å². The van der Waals surface area contributed by atoms with E-state index in [-0.39, 0.29) is 10.5 Å². The lowest BCUT2D eigenvalue weighted by Gasteiger charge is -2.08. The maximum atomic E-state index is 11.9. The molecule has 24 heavy (non-hydrogen) atoms. The van der Waals surface area contributed by atoms with E-state index >= 15 is 0 Å². The fourth-order valence-corrected chi connectivity index (χ4v) is 2.34. The molecule has 0 aliphatic rings. The van der Waals surface area contributed by atoms with E-state index in [2.05, 4.69) is 10.0 Å². The zero-order chi connectivity index (χ0) is 18.2. The standard InChI is InChI=1S/C14H19N3O6S/c1-3-7-16-14(20)17-12(18)9-23-13(19)10-5-4-6-11(8-10)24(21,22)15-2/h4-6,8,15H,3,7,9H2,1-2H3,(H2,16,17,18,20). The summed E-state index contributed by atoms with van der Waals surface area (Å²) in [4.78, 5) is 34.5. The van der Waals surface area contributed by atoms with Crippen molar-refractivity contribution in [2.24, 2.45) is 0 Å². The Kier molecular flexibility index (Phi) is 7.33. The number of urea groups is 1. The third-order valence-electron chi connectivity index (χ3n) is 2.77. The second-order valence-corrected chi connectivity index (χ2v) is 6.50. The van der Waals surface area contributed by atoms with Gasteiger partial charge in [-0.1, -0.05) is 13.0 Å². The van der Waals surface area contributed by atoms with E-state index in [9.17, 15) is 22.8 Å². The molecule has 1 aromatic carbocycles. The molecule has 0 aliphatic carbocycles. The van der Waals surface area contributed by atoms with Crippen molar-refractivity contribution in [1.82, 2.24) is 15.4 Å². The van der Waals surface area contributed by atoms with E-state index < -0.39 is 34.5 Å². The molecule has 1 rings (SSSR count). The quantitative estimate of drug-likeness (QED) is 0.588. The molecule has 0 fully saturated rings. The molecule has 0 aromatic heterocycles. The maximum Gasteiger partial charge on any atom is 0.338 e. The van der Waals surface area contributed by atoms with Gasteiger partial charge >= 0.3 is 12.0 Å². The van der Waals surface area contributed by atoms with Crippen LogP contribution in [0.5, 0.6) is 0 Å². The minimum absolute atomic E-state index is 0.0328. The van der Waals surface area contributed by atoms with Crippen LogP contribution in [0.15, 0.2) is 29.2 Å². The first-order chi connectivity index (χ1) is 11.3. The SMILES string of the molecule is CCCNC(=O)NC(=O)COC(=O)c1cccc(S(=O)(=O)NC)c1. The minimum atomic E-state index is -3.70. The molecule has 10 heteroatoms. The topological polar surface area (TPSA) is 131 Å². The average Bonchev–Trinajstić information content (AvgIpc) is 2.57. The Morgan fingerprint density at radius 2 is 1.92 bits per heavy atom. The first-order valence-electron chi connectivity index (χ1n) is 7.08. The zero-order valence-electron chi connectivity index (χ0n) is 13.3. The largest absolute Gasteiger partial charge is 0.452 e. The molecule has 0 saturated heterocycles. The van der Waals surface area contributed by atoms with Gasteiger partial charge in [-0.25, -0.2) is 22.7 Å². The third-order valence-corrected chi connectivity index (χ3v) is 4.18. The van der Waals surface area contributed by atoms with Crippen LogP contribution in [0.1, 0.15) is 23.7 Å². The average molecular weight is 357 g/mol. The van der Waals surface area contributed by atoms with Crippen LogP contribution in [0.4, 0.5) is 4.79 Å². The summed E-state index contributed by atoms with van der Waals surface area (Å²) in [5.74, 6) is -1.68. The van der Waals surface area contributed by atoms with Crippen molar-refractivity contribution in [3.05, 3.63) is 29.8 Å². The summed E-state index contributed by atoms with van der Waals surface area (Å²) >= 11 is 0. The minimum Gasteiger partial charge on any atom is -0.452 e. The predicted octanol–water partition coefficient (Wildman–Crippen LogP) is -0.0127. The van der Waals surface area contributed by atoms with Gasteiger partial charge in [0.2, 0.25) is 10.0 Å². The molecule has 0 saturated carbocycles. The number of sulfonamides is 1. The van der Waals surface area contributed by atoms with Gasteiger partial charge in [0, 0.05) is 6.54 Å². The van der Waals surface area contributed by atoms with Gasteiger partial charge in [0.1, 0.15) is 0 Å². The van der Waals surface area contributed by atoms with Crippen molar-refractivity contribution >= 4 is 27.9 Å². The summed E-state index contributed by atoms with van der Waals surface area (Å²) < 4.78 is 30.2. The number of benzene rings is 1. The highest BCUT2D eigenvalue weighted by Crippen LogP contribution is 2.12. The highest BCUT2D eigenvalue weighted by atomic mass is 32.2. The Hall–Kier alpha value is -2.46. The van der Waals surface area contributed by atoms with Crippen molar-refractivity contribution in [2.45, 2.75) is 18.2 Å². The molecule has 0 heterocycles. The smallest absolute Gasteiger partial charge is 0.338 e. The van der Waals surface area contributed by atoms with Gasteiger partial charge in [-0.05, 0) is 31.7 Å². The molecule has 0 spiro atoms. The number of nitrogens with one attached hydrogen (secondary N) is 3. The van der Waals surface area contributed by atoms with E-state index in [1.54, 1.807) is 0 Å². The van der Waals surface area contributed by atoms with Crippen molar-refractivity contribution in [3.63, 3.8) is 0 Å². The molecular formula is C14H19N3O6S. The van der Waals surface area contributed by atoms with Crippen LogP contribution in [0.3, 0.4) is 0 Å². The lowest BCUT2D eigenvalue weighted by atomic mass is 10.2. The number of ether oxygens (including phenoxy) is 1. The highest BCUT2D eigenvalue weighted by molar-refractivity contribution is 7.89. The molecule has 3 amide bonds. The van der Waals surface area contributed by atoms with E-state index in [1.165, 1.54) is 25.2 Å². The third kappa shape index (κ3) is 5.97. The first kappa shape index (κ1) is 19.6. The number of imide groups is 1. The Bertz CT molecular complexity index is 717. The van der Waals surface area contributed by atoms with Crippen molar-refractivity contribution in [3.8, 4) is 0 Å². The van der Waals surface area contributed by atoms with Crippen LogP contribution < -0.4 is 15.4 Å². The molecule has 0 aliphatic heterocycles. The number of amides is 3. The molecule has 0 atom stereocenters. The monoisotopic (exact) mass is 357 g/mol. The second-order valence-electron chi connectivity index (χ2n) is 4.62. The number of esters is 1. The molecule has 3 N–H and O–H groups in total. The van der Waals surface area contributed by atoms with Gasteiger partial charge < -0.3 is 10.1 Å². The van der Waals surface area contributed by atoms with E-state index in [0.29, 0.717) is 13.0 Å². The number of carbonyl (C=O) groups excluding carboxylic acids is 3. The summed E-state index contributed by atoms with van der Waals surface area (Å²) in [6.45, 7) is 1.60. The highest BCUT2D eigenvalue weighted by Gasteiger charge is 2.16. The molecule has 1 aromatic rings.